The molecule has 3 rings (SSSR count). The summed E-state index contributed by atoms with van der Waals surface area (Å²) in [4.78, 5) is 8.54. The first-order valence-corrected chi connectivity index (χ1v) is 6.85. The summed E-state index contributed by atoms with van der Waals surface area (Å²) < 4.78 is 10.3. The second-order valence-electron chi connectivity index (χ2n) is 4.96. The van der Waals surface area contributed by atoms with E-state index in [0.717, 1.165) is 12.8 Å². The van der Waals surface area contributed by atoms with Crippen LogP contribution in [0.1, 0.15) is 43.5 Å². The first-order valence-electron chi connectivity index (χ1n) is 6.85. The van der Waals surface area contributed by atoms with Gasteiger partial charge in [0.15, 0.2) is 5.82 Å². The van der Waals surface area contributed by atoms with Crippen LogP contribution >= 0.6 is 0 Å². The minimum Gasteiger partial charge on any atom is -0.461 e. The number of rotatable bonds is 3. The molecule has 2 aliphatic rings. The molecule has 1 aromatic rings. The van der Waals surface area contributed by atoms with E-state index in [-0.39, 0.29) is 6.79 Å². The van der Waals surface area contributed by atoms with Crippen LogP contribution in [0, 0.1) is 11.3 Å². The summed E-state index contributed by atoms with van der Waals surface area (Å²) in [5, 5.41) is 12.5. The van der Waals surface area contributed by atoms with E-state index in [1.165, 1.54) is 31.7 Å². The molecule has 0 amide bonds. The second kappa shape index (κ2) is 5.78. The van der Waals surface area contributed by atoms with Crippen LogP contribution in [0.15, 0.2) is 12.5 Å². The van der Waals surface area contributed by atoms with E-state index in [4.69, 9.17) is 14.7 Å². The van der Waals surface area contributed by atoms with Crippen LogP contribution in [0.4, 0.5) is 5.82 Å². The molecule has 1 N–H and O–H groups in total. The van der Waals surface area contributed by atoms with Gasteiger partial charge in [-0.05, 0) is 12.8 Å². The lowest BCUT2D eigenvalue weighted by Crippen LogP contribution is -2.23. The Hall–Kier alpha value is -2.29. The Labute approximate surface area is 117 Å². The Morgan fingerprint density at radius 3 is 2.85 bits per heavy atom. The summed E-state index contributed by atoms with van der Waals surface area (Å²) in [6.07, 6.45) is 8.98. The Kier molecular flexibility index (Phi) is 3.68. The Morgan fingerprint density at radius 1 is 1.30 bits per heavy atom. The van der Waals surface area contributed by atoms with Crippen LogP contribution in [0.25, 0.3) is 5.76 Å². The highest BCUT2D eigenvalue weighted by molar-refractivity contribution is 5.58. The largest absolute Gasteiger partial charge is 0.461 e. The zero-order valence-electron chi connectivity index (χ0n) is 11.1. The van der Waals surface area contributed by atoms with Gasteiger partial charge in [0, 0.05) is 6.04 Å². The first kappa shape index (κ1) is 12.7. The van der Waals surface area contributed by atoms with Crippen LogP contribution in [-0.2, 0) is 9.47 Å². The molecule has 6 nitrogen and oxygen atoms in total. The van der Waals surface area contributed by atoms with Crippen molar-refractivity contribution in [2.24, 2.45) is 0 Å². The van der Waals surface area contributed by atoms with Crippen LogP contribution in [0.2, 0.25) is 0 Å². The number of nitriles is 1. The predicted octanol–water partition coefficient (Wildman–Crippen LogP) is 2.40. The lowest BCUT2D eigenvalue weighted by atomic mass is 9.95. The molecular weight excluding hydrogens is 256 g/mol. The summed E-state index contributed by atoms with van der Waals surface area (Å²) in [5.74, 6) is 1.53. The normalized spacial score (nSPS) is 18.6. The molecule has 1 aliphatic heterocycles. The first-order chi connectivity index (χ1) is 9.86. The summed E-state index contributed by atoms with van der Waals surface area (Å²) in [6.45, 7) is 0.185. The summed E-state index contributed by atoms with van der Waals surface area (Å²) in [7, 11) is 0. The summed E-state index contributed by atoms with van der Waals surface area (Å²) in [6, 6.07) is 2.51. The third-order valence-corrected chi connectivity index (χ3v) is 3.55. The molecule has 1 aliphatic carbocycles. The van der Waals surface area contributed by atoms with E-state index >= 15 is 0 Å². The van der Waals surface area contributed by atoms with Crippen molar-refractivity contribution in [1.29, 1.82) is 5.26 Å². The minimum atomic E-state index is 0.185. The molecule has 0 aromatic carbocycles. The Balaban J connectivity index is 1.83. The van der Waals surface area contributed by atoms with Crippen molar-refractivity contribution in [2.45, 2.75) is 38.1 Å². The van der Waals surface area contributed by atoms with E-state index in [1.807, 2.05) is 0 Å². The number of nitrogens with zero attached hydrogens (tertiary/aromatic N) is 3. The lowest BCUT2D eigenvalue weighted by molar-refractivity contribution is 0.0999. The lowest BCUT2D eigenvalue weighted by Gasteiger charge is -2.23. The van der Waals surface area contributed by atoms with Crippen molar-refractivity contribution in [2.75, 3.05) is 12.1 Å². The van der Waals surface area contributed by atoms with Crippen molar-refractivity contribution in [3.05, 3.63) is 23.8 Å². The zero-order chi connectivity index (χ0) is 13.8. The standard InChI is InChI=1S/C14H16N4O2/c15-6-10-7-16-14(12-8-19-9-20-12)18-13(10)17-11-4-2-1-3-5-11/h7-8,11H,1-5,9H2,(H,16,17,18). The predicted molar refractivity (Wildman–Crippen MR) is 72.3 cm³/mol. The molecule has 0 saturated heterocycles. The molecule has 0 bridgehead atoms. The van der Waals surface area contributed by atoms with Gasteiger partial charge in [-0.15, -0.1) is 0 Å². The highest BCUT2D eigenvalue weighted by atomic mass is 16.7. The molecule has 2 heterocycles. The van der Waals surface area contributed by atoms with E-state index < -0.39 is 0 Å². The zero-order valence-corrected chi connectivity index (χ0v) is 11.1. The van der Waals surface area contributed by atoms with Crippen molar-refractivity contribution < 1.29 is 9.47 Å². The average molecular weight is 272 g/mol. The van der Waals surface area contributed by atoms with Gasteiger partial charge in [0.05, 0.1) is 6.20 Å². The average Bonchev–Trinajstić information content (AvgIpc) is 3.02. The van der Waals surface area contributed by atoms with Gasteiger partial charge in [-0.3, -0.25) is 0 Å². The highest BCUT2D eigenvalue weighted by Crippen LogP contribution is 2.24. The van der Waals surface area contributed by atoms with Gasteiger partial charge >= 0.3 is 0 Å². The Morgan fingerprint density at radius 2 is 2.15 bits per heavy atom. The van der Waals surface area contributed by atoms with Crippen molar-refractivity contribution in [3.8, 4) is 6.07 Å². The van der Waals surface area contributed by atoms with Gasteiger partial charge in [-0.2, -0.15) is 5.26 Å². The quantitative estimate of drug-likeness (QED) is 0.910. The van der Waals surface area contributed by atoms with E-state index in [2.05, 4.69) is 21.4 Å². The molecule has 6 heteroatoms. The SMILES string of the molecule is N#Cc1cnc(C2=COCO2)nc1NC1CCCCC1. The summed E-state index contributed by atoms with van der Waals surface area (Å²) >= 11 is 0. The van der Waals surface area contributed by atoms with Crippen LogP contribution in [0.3, 0.4) is 0 Å². The number of ether oxygens (including phenoxy) is 2. The van der Waals surface area contributed by atoms with Gasteiger partial charge in [-0.1, -0.05) is 19.3 Å². The van der Waals surface area contributed by atoms with E-state index in [0.29, 0.717) is 29.0 Å². The molecule has 0 unspecified atom stereocenters. The number of hydrogen-bond acceptors (Lipinski definition) is 6. The second-order valence-corrected chi connectivity index (χ2v) is 4.96. The number of hydrogen-bond donors (Lipinski definition) is 1. The Bertz CT molecular complexity index is 559. The van der Waals surface area contributed by atoms with Gasteiger partial charge in [-0.25, -0.2) is 9.97 Å². The monoisotopic (exact) mass is 272 g/mol. The molecule has 0 atom stereocenters. The van der Waals surface area contributed by atoms with Crippen LogP contribution in [-0.4, -0.2) is 22.8 Å². The van der Waals surface area contributed by atoms with Crippen LogP contribution < -0.4 is 5.32 Å². The molecule has 0 spiro atoms. The molecule has 1 saturated carbocycles. The van der Waals surface area contributed by atoms with Crippen LogP contribution in [0.5, 0.6) is 0 Å². The molecule has 104 valence electrons. The number of anilines is 1. The van der Waals surface area contributed by atoms with Crippen molar-refractivity contribution in [1.82, 2.24) is 9.97 Å². The molecule has 20 heavy (non-hydrogen) atoms. The fourth-order valence-electron chi connectivity index (χ4n) is 2.49. The smallest absolute Gasteiger partial charge is 0.230 e. The fraction of sp³-hybridized carbons (Fsp3) is 0.500. The third kappa shape index (κ3) is 2.67. The van der Waals surface area contributed by atoms with Gasteiger partial charge in [0.1, 0.15) is 23.7 Å². The van der Waals surface area contributed by atoms with Crippen molar-refractivity contribution in [3.63, 3.8) is 0 Å². The molecule has 1 fully saturated rings. The molecular formula is C14H16N4O2. The maximum absolute atomic E-state index is 9.16. The topological polar surface area (TPSA) is 80.1 Å². The molecule has 0 radical (unpaired) electrons. The maximum atomic E-state index is 9.16. The maximum Gasteiger partial charge on any atom is 0.230 e. The summed E-state index contributed by atoms with van der Waals surface area (Å²) in [5.41, 5.74) is 0.457. The van der Waals surface area contributed by atoms with Gasteiger partial charge in [0.25, 0.3) is 0 Å². The number of aromatic nitrogens is 2. The fourth-order valence-corrected chi connectivity index (χ4v) is 2.49. The molecule has 1 aromatic heterocycles. The van der Waals surface area contributed by atoms with E-state index in [1.54, 1.807) is 0 Å². The highest BCUT2D eigenvalue weighted by Gasteiger charge is 2.19. The van der Waals surface area contributed by atoms with E-state index in [9.17, 15) is 0 Å². The third-order valence-electron chi connectivity index (χ3n) is 3.55. The van der Waals surface area contributed by atoms with Gasteiger partial charge < -0.3 is 14.8 Å². The van der Waals surface area contributed by atoms with Gasteiger partial charge in [0.2, 0.25) is 12.6 Å². The number of nitrogens with one attached hydrogen (secondary N) is 1. The van der Waals surface area contributed by atoms with Crippen molar-refractivity contribution >= 4 is 11.6 Å². The minimum absolute atomic E-state index is 0.185.